The Bertz CT molecular complexity index is 1280. The Morgan fingerprint density at radius 3 is 2.26 bits per heavy atom. The summed E-state index contributed by atoms with van der Waals surface area (Å²) in [6, 6.07) is 5.89. The fourth-order valence-electron chi connectivity index (χ4n) is 2.96. The van der Waals surface area contributed by atoms with Crippen molar-refractivity contribution in [2.45, 2.75) is 18.8 Å². The van der Waals surface area contributed by atoms with Crippen LogP contribution < -0.4 is 10.6 Å². The van der Waals surface area contributed by atoms with Crippen LogP contribution in [-0.2, 0) is 23.6 Å². The maximum absolute atomic E-state index is 13.4. The molecule has 0 bridgehead atoms. The van der Waals surface area contributed by atoms with Crippen molar-refractivity contribution < 1.29 is 35.5 Å². The normalized spacial score (nSPS) is 11.5. The summed E-state index contributed by atoms with van der Waals surface area (Å²) in [7, 11) is 0. The second-order valence-electron chi connectivity index (χ2n) is 7.16. The molecule has 0 aliphatic heterocycles. The van der Waals surface area contributed by atoms with Crippen molar-refractivity contribution >= 4 is 17.3 Å². The number of pyridine rings is 2. The van der Waals surface area contributed by atoms with E-state index in [4.69, 9.17) is 5.73 Å². The smallest absolute Gasteiger partial charge is 0.397 e. The van der Waals surface area contributed by atoms with Gasteiger partial charge in [-0.1, -0.05) is 11.8 Å². The highest BCUT2D eigenvalue weighted by molar-refractivity contribution is 5.95. The SMILES string of the molecule is Nc1cncc(C#CCN(C(=O)Cc2ncc(C(F)(F)F)cc2C(F)(F)F)c2ccc(F)cc2)c1. The van der Waals surface area contributed by atoms with E-state index >= 15 is 0 Å². The van der Waals surface area contributed by atoms with Crippen LogP contribution in [0.5, 0.6) is 0 Å². The minimum Gasteiger partial charge on any atom is -0.397 e. The molecule has 0 radical (unpaired) electrons. The fraction of sp³-hybridized carbons (Fsp3) is 0.174. The summed E-state index contributed by atoms with van der Waals surface area (Å²) in [6.45, 7) is -0.332. The summed E-state index contributed by atoms with van der Waals surface area (Å²) in [6.07, 6.45) is -8.21. The van der Waals surface area contributed by atoms with E-state index in [9.17, 15) is 35.5 Å². The maximum Gasteiger partial charge on any atom is 0.418 e. The predicted octanol–water partition coefficient (Wildman–Crippen LogP) is 4.86. The molecule has 3 aromatic rings. The molecule has 1 amide bonds. The van der Waals surface area contributed by atoms with Gasteiger partial charge in [-0.25, -0.2) is 4.39 Å². The van der Waals surface area contributed by atoms with Gasteiger partial charge in [0.2, 0.25) is 5.91 Å². The van der Waals surface area contributed by atoms with Crippen molar-refractivity contribution in [2.24, 2.45) is 0 Å². The molecule has 182 valence electrons. The molecule has 0 unspecified atom stereocenters. The lowest BCUT2D eigenvalue weighted by atomic mass is 10.1. The van der Waals surface area contributed by atoms with Crippen molar-refractivity contribution in [3.63, 3.8) is 0 Å². The van der Waals surface area contributed by atoms with Crippen molar-refractivity contribution in [1.29, 1.82) is 0 Å². The molecule has 2 aromatic heterocycles. The molecule has 2 heterocycles. The molecule has 0 fully saturated rings. The number of hydrogen-bond acceptors (Lipinski definition) is 4. The second kappa shape index (κ2) is 10.0. The third-order valence-electron chi connectivity index (χ3n) is 4.59. The first-order valence-corrected chi connectivity index (χ1v) is 9.73. The Morgan fingerprint density at radius 2 is 1.66 bits per heavy atom. The highest BCUT2D eigenvalue weighted by Gasteiger charge is 2.39. The number of benzene rings is 1. The number of nitrogen functional groups attached to an aromatic ring is 1. The number of hydrogen-bond donors (Lipinski definition) is 1. The van der Waals surface area contributed by atoms with Crippen molar-refractivity contribution in [3.05, 3.63) is 83.2 Å². The first-order valence-electron chi connectivity index (χ1n) is 9.73. The summed E-state index contributed by atoms with van der Waals surface area (Å²) in [5.41, 5.74) is 2.28. The Morgan fingerprint density at radius 1 is 0.971 bits per heavy atom. The number of aromatic nitrogens is 2. The Kier molecular flexibility index (Phi) is 7.28. The molecule has 0 aliphatic rings. The second-order valence-corrected chi connectivity index (χ2v) is 7.16. The number of alkyl halides is 6. The standard InChI is InChI=1S/C23H15F7N4O/c24-16-3-5-18(6-4-16)34(7-1-2-14-8-17(31)13-32-11-14)21(35)10-20-19(23(28,29)30)9-15(12-33-20)22(25,26)27/h3-6,8-9,11-13H,7,10,31H2. The molecule has 1 aromatic carbocycles. The lowest BCUT2D eigenvalue weighted by Crippen LogP contribution is -2.33. The zero-order valence-corrected chi connectivity index (χ0v) is 17.6. The van der Waals surface area contributed by atoms with Gasteiger partial charge in [-0.2, -0.15) is 26.3 Å². The number of nitrogens with two attached hydrogens (primary N) is 1. The van der Waals surface area contributed by atoms with Gasteiger partial charge in [0, 0.05) is 29.8 Å². The van der Waals surface area contributed by atoms with E-state index in [2.05, 4.69) is 21.8 Å². The molecule has 0 saturated carbocycles. The Labute approximate surface area is 194 Å². The Balaban J connectivity index is 1.94. The average molecular weight is 496 g/mol. The van der Waals surface area contributed by atoms with Crippen LogP contribution in [0.15, 0.2) is 55.0 Å². The average Bonchev–Trinajstić information content (AvgIpc) is 2.76. The summed E-state index contributed by atoms with van der Waals surface area (Å²) >= 11 is 0. The first kappa shape index (κ1) is 25.5. The lowest BCUT2D eigenvalue weighted by Gasteiger charge is -2.21. The van der Waals surface area contributed by atoms with E-state index in [0.29, 0.717) is 11.3 Å². The van der Waals surface area contributed by atoms with Crippen LogP contribution in [0.4, 0.5) is 42.1 Å². The van der Waals surface area contributed by atoms with Crippen LogP contribution >= 0.6 is 0 Å². The van der Waals surface area contributed by atoms with E-state index in [-0.39, 0.29) is 24.5 Å². The minimum absolute atomic E-state index is 0.0928. The summed E-state index contributed by atoms with van der Waals surface area (Å²) in [5.74, 6) is 3.78. The van der Waals surface area contributed by atoms with Gasteiger partial charge in [-0.15, -0.1) is 0 Å². The lowest BCUT2D eigenvalue weighted by molar-refractivity contribution is -0.143. The molecule has 0 aliphatic carbocycles. The van der Waals surface area contributed by atoms with Crippen LogP contribution in [0.1, 0.15) is 22.4 Å². The highest BCUT2D eigenvalue weighted by atomic mass is 19.4. The minimum atomic E-state index is -5.19. The molecule has 3 rings (SSSR count). The van der Waals surface area contributed by atoms with E-state index in [1.807, 2.05) is 0 Å². The van der Waals surface area contributed by atoms with E-state index in [1.54, 1.807) is 0 Å². The van der Waals surface area contributed by atoms with Crippen LogP contribution in [-0.4, -0.2) is 22.4 Å². The summed E-state index contributed by atoms with van der Waals surface area (Å²) < 4.78 is 92.4. The number of carbonyl (C=O) groups excluding carboxylic acids is 1. The van der Waals surface area contributed by atoms with E-state index < -0.39 is 47.3 Å². The molecule has 0 saturated heterocycles. The van der Waals surface area contributed by atoms with Gasteiger partial charge in [0.15, 0.2) is 0 Å². The molecule has 0 spiro atoms. The van der Waals surface area contributed by atoms with Gasteiger partial charge in [0.25, 0.3) is 0 Å². The zero-order chi connectivity index (χ0) is 25.8. The van der Waals surface area contributed by atoms with Crippen LogP contribution in [0, 0.1) is 17.7 Å². The Hall–Kier alpha value is -4.14. The van der Waals surface area contributed by atoms with Gasteiger partial charge < -0.3 is 10.6 Å². The molecule has 2 N–H and O–H groups in total. The molecule has 12 heteroatoms. The number of carbonyl (C=O) groups is 1. The maximum atomic E-state index is 13.4. The first-order chi connectivity index (χ1) is 16.3. The summed E-state index contributed by atoms with van der Waals surface area (Å²) in [4.78, 5) is 21.0. The number of anilines is 2. The van der Waals surface area contributed by atoms with Crippen molar-refractivity contribution in [2.75, 3.05) is 17.2 Å². The topological polar surface area (TPSA) is 72.1 Å². The number of amides is 1. The molecule has 5 nitrogen and oxygen atoms in total. The van der Waals surface area contributed by atoms with Gasteiger partial charge >= 0.3 is 12.4 Å². The highest BCUT2D eigenvalue weighted by Crippen LogP contribution is 2.36. The predicted molar refractivity (Wildman–Crippen MR) is 112 cm³/mol. The summed E-state index contributed by atoms with van der Waals surface area (Å²) in [5, 5.41) is 0. The van der Waals surface area contributed by atoms with Gasteiger partial charge in [-0.05, 0) is 36.4 Å². The van der Waals surface area contributed by atoms with Gasteiger partial charge in [0.05, 0.1) is 35.5 Å². The van der Waals surface area contributed by atoms with Gasteiger partial charge in [0.1, 0.15) is 5.82 Å². The third kappa shape index (κ3) is 6.69. The number of rotatable bonds is 4. The molecular weight excluding hydrogens is 481 g/mol. The van der Waals surface area contributed by atoms with E-state index in [1.165, 1.54) is 30.6 Å². The monoisotopic (exact) mass is 496 g/mol. The van der Waals surface area contributed by atoms with Crippen molar-refractivity contribution in [1.82, 2.24) is 9.97 Å². The van der Waals surface area contributed by atoms with Crippen LogP contribution in [0.3, 0.4) is 0 Å². The van der Waals surface area contributed by atoms with Crippen LogP contribution in [0.2, 0.25) is 0 Å². The largest absolute Gasteiger partial charge is 0.418 e. The van der Waals surface area contributed by atoms with Crippen molar-refractivity contribution in [3.8, 4) is 11.8 Å². The zero-order valence-electron chi connectivity index (χ0n) is 17.6. The third-order valence-corrected chi connectivity index (χ3v) is 4.59. The van der Waals surface area contributed by atoms with E-state index in [0.717, 1.165) is 17.0 Å². The quantitative estimate of drug-likeness (QED) is 0.414. The number of nitrogens with zero attached hydrogens (tertiary/aromatic N) is 3. The molecule has 35 heavy (non-hydrogen) atoms. The number of halogens is 7. The van der Waals surface area contributed by atoms with Crippen LogP contribution in [0.25, 0.3) is 0 Å². The fourth-order valence-corrected chi connectivity index (χ4v) is 2.96. The molecule has 0 atom stereocenters. The van der Waals surface area contributed by atoms with Gasteiger partial charge in [-0.3, -0.25) is 14.8 Å². The molecular formula is C23H15F7N4O.